The van der Waals surface area contributed by atoms with Crippen LogP contribution in [0.1, 0.15) is 94.3 Å². The van der Waals surface area contributed by atoms with Crippen molar-refractivity contribution in [1.82, 2.24) is 19.5 Å². The van der Waals surface area contributed by atoms with Gasteiger partial charge in [0.1, 0.15) is 11.6 Å². The molecule has 16 rings (SSSR count). The van der Waals surface area contributed by atoms with Crippen molar-refractivity contribution < 1.29 is 0 Å². The molecule has 5 nitrogen and oxygen atoms in total. The number of benzene rings is 6. The fourth-order valence-electron chi connectivity index (χ4n) is 15.5. The Labute approximate surface area is 381 Å². The number of rotatable bonds is 7. The minimum absolute atomic E-state index is 0.0247. The van der Waals surface area contributed by atoms with E-state index in [1.54, 1.807) is 0 Å². The Morgan fingerprint density at radius 1 is 0.431 bits per heavy atom. The Balaban J connectivity index is 1.03. The predicted molar refractivity (Wildman–Crippen MR) is 260 cm³/mol. The summed E-state index contributed by atoms with van der Waals surface area (Å²) in [5.41, 5.74) is 12.0. The lowest BCUT2D eigenvalue weighted by Gasteiger charge is -2.57. The van der Waals surface area contributed by atoms with Crippen LogP contribution in [0.5, 0.6) is 0 Å². The van der Waals surface area contributed by atoms with Crippen LogP contribution in [0.2, 0.25) is 0 Å². The molecule has 0 amide bonds. The number of hydrogen-bond donors (Lipinski definition) is 0. The molecule has 0 unspecified atom stereocenters. The fourth-order valence-corrected chi connectivity index (χ4v) is 15.5. The summed E-state index contributed by atoms with van der Waals surface area (Å²) in [6, 6.07) is 52.8. The monoisotopic (exact) mass is 843 g/mol. The highest BCUT2D eigenvalue weighted by Crippen LogP contribution is 2.62. The number of aromatic nitrogens is 4. The molecule has 0 atom stereocenters. The van der Waals surface area contributed by atoms with Crippen molar-refractivity contribution in [1.29, 1.82) is 5.26 Å². The van der Waals surface area contributed by atoms with Crippen molar-refractivity contribution in [2.45, 2.75) is 87.9 Å². The number of nitriles is 1. The lowest BCUT2D eigenvalue weighted by atomic mass is 9.49. The van der Waals surface area contributed by atoms with Crippen molar-refractivity contribution in [3.63, 3.8) is 0 Å². The molecule has 5 heteroatoms. The molecule has 8 fully saturated rings. The Morgan fingerprint density at radius 3 is 1.34 bits per heavy atom. The van der Waals surface area contributed by atoms with Crippen LogP contribution in [0, 0.1) is 46.8 Å². The molecule has 8 saturated carbocycles. The average Bonchev–Trinajstić information content (AvgIpc) is 3.66. The first-order valence-corrected chi connectivity index (χ1v) is 24.6. The molecule has 8 bridgehead atoms. The largest absolute Gasteiger partial charge is 0.308 e. The van der Waals surface area contributed by atoms with E-state index in [4.69, 9.17) is 15.0 Å². The van der Waals surface area contributed by atoms with Crippen molar-refractivity contribution in [3.8, 4) is 56.5 Å². The molecule has 8 aliphatic rings. The molecular weight excluding hydrogens is 791 g/mol. The number of hydrogen-bond acceptors (Lipinski definition) is 4. The summed E-state index contributed by atoms with van der Waals surface area (Å²) in [6.07, 6.45) is 15.6. The molecule has 6 aromatic carbocycles. The molecule has 0 N–H and O–H groups in total. The zero-order valence-corrected chi connectivity index (χ0v) is 37.0. The third kappa shape index (κ3) is 6.12. The van der Waals surface area contributed by atoms with E-state index >= 15 is 0 Å². The van der Waals surface area contributed by atoms with Crippen LogP contribution in [-0.4, -0.2) is 19.5 Å². The maximum absolute atomic E-state index is 10.0. The minimum Gasteiger partial charge on any atom is -0.308 e. The van der Waals surface area contributed by atoms with Crippen LogP contribution in [0.3, 0.4) is 0 Å². The average molecular weight is 844 g/mol. The molecule has 0 aliphatic heterocycles. The van der Waals surface area contributed by atoms with Gasteiger partial charge in [0.2, 0.25) is 0 Å². The van der Waals surface area contributed by atoms with Crippen LogP contribution < -0.4 is 0 Å². The Morgan fingerprint density at radius 2 is 0.862 bits per heavy atom. The van der Waals surface area contributed by atoms with Crippen LogP contribution in [0.15, 0.2) is 140 Å². The lowest BCUT2D eigenvalue weighted by molar-refractivity contribution is -0.0155. The lowest BCUT2D eigenvalue weighted by Crippen LogP contribution is -2.51. The molecule has 65 heavy (non-hydrogen) atoms. The van der Waals surface area contributed by atoms with Gasteiger partial charge in [-0.3, -0.25) is 0 Å². The second-order valence-corrected chi connectivity index (χ2v) is 21.7. The van der Waals surface area contributed by atoms with Gasteiger partial charge in [0.25, 0.3) is 0 Å². The summed E-state index contributed by atoms with van der Waals surface area (Å²) < 4.78 is 2.48. The van der Waals surface area contributed by atoms with Gasteiger partial charge in [-0.1, -0.05) is 91.0 Å². The van der Waals surface area contributed by atoms with Gasteiger partial charge in [-0.2, -0.15) is 5.26 Å². The standard InChI is InChI=1S/C60H53N5/c61-36-37-8-7-13-46(26-37)49-16-19-55(65-53-17-14-47(44-9-3-1-4-10-44)27-50(53)51-28-48(15-18-54(51)65)45-11-5-2-6-12-45)52(29-49)56-62-57(59-30-38-20-39(31-59)22-40(21-38)32-59)64-58(63-56)60-33-41-23-42(34-60)25-43(24-41)35-60/h1-19,26-29,38-43H,20-25,30-35H2. The van der Waals surface area contributed by atoms with Crippen molar-refractivity contribution >= 4 is 21.8 Å². The van der Waals surface area contributed by atoms with Crippen molar-refractivity contribution in [2.75, 3.05) is 0 Å². The van der Waals surface area contributed by atoms with Crippen LogP contribution in [-0.2, 0) is 10.8 Å². The molecule has 0 radical (unpaired) electrons. The van der Waals surface area contributed by atoms with E-state index in [0.29, 0.717) is 5.56 Å². The Hall–Kier alpha value is -6.38. The minimum atomic E-state index is 0.0247. The summed E-state index contributed by atoms with van der Waals surface area (Å²) in [6.45, 7) is 0. The summed E-state index contributed by atoms with van der Waals surface area (Å²) >= 11 is 0. The van der Waals surface area contributed by atoms with Gasteiger partial charge in [-0.25, -0.2) is 15.0 Å². The van der Waals surface area contributed by atoms with Crippen LogP contribution in [0.25, 0.3) is 72.3 Å². The van der Waals surface area contributed by atoms with E-state index in [9.17, 15) is 5.26 Å². The van der Waals surface area contributed by atoms with Crippen LogP contribution in [0.4, 0.5) is 0 Å². The van der Waals surface area contributed by atoms with Gasteiger partial charge in [-0.05, 0) is 194 Å². The third-order valence-electron chi connectivity index (χ3n) is 17.4. The van der Waals surface area contributed by atoms with Gasteiger partial charge >= 0.3 is 0 Å². The first-order valence-electron chi connectivity index (χ1n) is 24.6. The second kappa shape index (κ2) is 14.3. The van der Waals surface area contributed by atoms with Gasteiger partial charge in [0, 0.05) is 27.2 Å². The molecule has 0 spiro atoms. The van der Waals surface area contributed by atoms with E-state index in [2.05, 4.69) is 132 Å². The van der Waals surface area contributed by atoms with E-state index in [1.807, 2.05) is 18.2 Å². The van der Waals surface area contributed by atoms with E-state index in [-0.39, 0.29) is 10.8 Å². The summed E-state index contributed by atoms with van der Waals surface area (Å²) in [4.78, 5) is 17.5. The molecule has 0 saturated heterocycles. The maximum atomic E-state index is 10.0. The number of nitrogens with zero attached hydrogens (tertiary/aromatic N) is 5. The van der Waals surface area contributed by atoms with Gasteiger partial charge < -0.3 is 4.57 Å². The van der Waals surface area contributed by atoms with E-state index in [1.165, 1.54) is 110 Å². The zero-order chi connectivity index (χ0) is 42.9. The molecule has 318 valence electrons. The summed E-state index contributed by atoms with van der Waals surface area (Å²) in [5, 5.41) is 12.4. The zero-order valence-electron chi connectivity index (χ0n) is 37.0. The second-order valence-electron chi connectivity index (χ2n) is 21.7. The SMILES string of the molecule is N#Cc1cccc(-c2ccc(-n3c4ccc(-c5ccccc5)cc4c4cc(-c5ccccc5)ccc43)c(-c3nc(C45CC6CC(CC(C6)C4)C5)nc(C45CC6CC(CC(C6)C4)C5)n3)c2)c1. The van der Waals surface area contributed by atoms with Gasteiger partial charge in [0.05, 0.1) is 28.4 Å². The smallest absolute Gasteiger partial charge is 0.165 e. The first kappa shape index (κ1) is 37.9. The highest BCUT2D eigenvalue weighted by molar-refractivity contribution is 6.12. The molecule has 2 aromatic heterocycles. The third-order valence-corrected chi connectivity index (χ3v) is 17.4. The molecule has 8 aliphatic carbocycles. The fraction of sp³-hybridized carbons (Fsp3) is 0.333. The van der Waals surface area contributed by atoms with E-state index < -0.39 is 0 Å². The quantitative estimate of drug-likeness (QED) is 0.160. The Kier molecular flexibility index (Phi) is 8.35. The first-order chi connectivity index (χ1) is 31.9. The highest BCUT2D eigenvalue weighted by atomic mass is 15.1. The highest BCUT2D eigenvalue weighted by Gasteiger charge is 2.56. The molecular formula is C60H53N5. The van der Waals surface area contributed by atoms with Crippen LogP contribution >= 0.6 is 0 Å². The molecule has 8 aromatic rings. The predicted octanol–water partition coefficient (Wildman–Crippen LogP) is 14.4. The van der Waals surface area contributed by atoms with Gasteiger partial charge in [-0.15, -0.1) is 0 Å². The topological polar surface area (TPSA) is 67.4 Å². The van der Waals surface area contributed by atoms with Crippen molar-refractivity contribution in [3.05, 3.63) is 157 Å². The van der Waals surface area contributed by atoms with Gasteiger partial charge in [0.15, 0.2) is 5.82 Å². The van der Waals surface area contributed by atoms with Crippen molar-refractivity contribution in [2.24, 2.45) is 35.5 Å². The van der Waals surface area contributed by atoms with E-state index in [0.717, 1.165) is 86.4 Å². The maximum Gasteiger partial charge on any atom is 0.165 e. The summed E-state index contributed by atoms with van der Waals surface area (Å²) in [7, 11) is 0. The summed E-state index contributed by atoms with van der Waals surface area (Å²) in [5.74, 6) is 7.73. The Bertz CT molecular complexity index is 3020. The molecule has 2 heterocycles. The normalized spacial score (nSPS) is 28.3. The number of fused-ring (bicyclic) bond motifs is 3.